The van der Waals surface area contributed by atoms with Crippen LogP contribution < -0.4 is 4.74 Å². The lowest BCUT2D eigenvalue weighted by atomic mass is 9.80. The molecule has 1 aliphatic carbocycles. The molecule has 0 bridgehead atoms. The lowest BCUT2D eigenvalue weighted by Crippen LogP contribution is -2.13. The summed E-state index contributed by atoms with van der Waals surface area (Å²) < 4.78 is 32.8. The van der Waals surface area contributed by atoms with Crippen molar-refractivity contribution in [1.82, 2.24) is 0 Å². The molecule has 0 N–H and O–H groups in total. The molecule has 0 aliphatic heterocycles. The Labute approximate surface area is 132 Å². The SMILES string of the molecule is CCC[C@H]1CC[C@H](C#Cc2ccc(OCC)c(F)c2F)CC1. The molecule has 1 aromatic rings. The molecule has 1 aliphatic rings. The molecule has 1 aromatic carbocycles. The molecule has 0 unspecified atom stereocenters. The first kappa shape index (κ1) is 16.8. The lowest BCUT2D eigenvalue weighted by Gasteiger charge is -2.25. The van der Waals surface area contributed by atoms with Crippen molar-refractivity contribution in [3.05, 3.63) is 29.3 Å². The molecule has 22 heavy (non-hydrogen) atoms. The summed E-state index contributed by atoms with van der Waals surface area (Å²) >= 11 is 0. The monoisotopic (exact) mass is 306 g/mol. The van der Waals surface area contributed by atoms with Gasteiger partial charge in [0.25, 0.3) is 0 Å². The molecule has 0 radical (unpaired) electrons. The van der Waals surface area contributed by atoms with Gasteiger partial charge in [0.1, 0.15) is 0 Å². The third-order valence-electron chi connectivity index (χ3n) is 4.30. The topological polar surface area (TPSA) is 9.23 Å². The van der Waals surface area contributed by atoms with E-state index in [0.29, 0.717) is 12.5 Å². The average molecular weight is 306 g/mol. The van der Waals surface area contributed by atoms with Crippen molar-refractivity contribution < 1.29 is 13.5 Å². The molecule has 0 saturated heterocycles. The van der Waals surface area contributed by atoms with Crippen LogP contribution in [0.1, 0.15) is 57.9 Å². The molecule has 2 rings (SSSR count). The van der Waals surface area contributed by atoms with E-state index in [9.17, 15) is 8.78 Å². The van der Waals surface area contributed by atoms with Gasteiger partial charge in [-0.3, -0.25) is 0 Å². The fourth-order valence-electron chi connectivity index (χ4n) is 3.08. The zero-order valence-electron chi connectivity index (χ0n) is 13.4. The summed E-state index contributed by atoms with van der Waals surface area (Å²) in [6, 6.07) is 2.95. The van der Waals surface area contributed by atoms with Crippen molar-refractivity contribution in [3.63, 3.8) is 0 Å². The third kappa shape index (κ3) is 4.22. The highest BCUT2D eigenvalue weighted by Gasteiger charge is 2.19. The number of halogens is 2. The first-order valence-electron chi connectivity index (χ1n) is 8.28. The van der Waals surface area contributed by atoms with E-state index in [-0.39, 0.29) is 11.3 Å². The van der Waals surface area contributed by atoms with Gasteiger partial charge >= 0.3 is 0 Å². The van der Waals surface area contributed by atoms with Gasteiger partial charge < -0.3 is 4.74 Å². The molecule has 0 spiro atoms. The molecular weight excluding hydrogens is 282 g/mol. The smallest absolute Gasteiger partial charge is 0.201 e. The van der Waals surface area contributed by atoms with E-state index < -0.39 is 11.6 Å². The van der Waals surface area contributed by atoms with E-state index in [1.807, 2.05) is 0 Å². The Morgan fingerprint density at radius 2 is 1.82 bits per heavy atom. The maximum atomic E-state index is 13.9. The van der Waals surface area contributed by atoms with E-state index >= 15 is 0 Å². The van der Waals surface area contributed by atoms with Gasteiger partial charge in [-0.05, 0) is 50.7 Å². The summed E-state index contributed by atoms with van der Waals surface area (Å²) in [6.45, 7) is 4.26. The number of benzene rings is 1. The summed E-state index contributed by atoms with van der Waals surface area (Å²) in [5, 5.41) is 0. The number of rotatable bonds is 4. The second-order valence-electron chi connectivity index (χ2n) is 5.95. The van der Waals surface area contributed by atoms with Gasteiger partial charge in [0.2, 0.25) is 5.82 Å². The summed E-state index contributed by atoms with van der Waals surface area (Å²) in [7, 11) is 0. The van der Waals surface area contributed by atoms with Crippen molar-refractivity contribution in [2.45, 2.75) is 52.4 Å². The van der Waals surface area contributed by atoms with Crippen LogP contribution in [-0.4, -0.2) is 6.61 Å². The normalized spacial score (nSPS) is 21.1. The van der Waals surface area contributed by atoms with Gasteiger partial charge in [0, 0.05) is 5.92 Å². The summed E-state index contributed by atoms with van der Waals surface area (Å²) in [5.74, 6) is 5.17. The van der Waals surface area contributed by atoms with E-state index in [1.165, 1.54) is 37.8 Å². The van der Waals surface area contributed by atoms with Crippen LogP contribution in [0.15, 0.2) is 12.1 Å². The van der Waals surface area contributed by atoms with Gasteiger partial charge in [0.05, 0.1) is 12.2 Å². The minimum absolute atomic E-state index is 0.0503. The fourth-order valence-corrected chi connectivity index (χ4v) is 3.08. The Balaban J connectivity index is 2.02. The van der Waals surface area contributed by atoms with E-state index in [4.69, 9.17) is 4.74 Å². The third-order valence-corrected chi connectivity index (χ3v) is 4.30. The van der Waals surface area contributed by atoms with Gasteiger partial charge in [-0.15, -0.1) is 0 Å². The molecule has 0 aromatic heterocycles. The van der Waals surface area contributed by atoms with Crippen molar-refractivity contribution >= 4 is 0 Å². The van der Waals surface area contributed by atoms with Crippen LogP contribution in [0.5, 0.6) is 5.75 Å². The maximum absolute atomic E-state index is 13.9. The number of hydrogen-bond acceptors (Lipinski definition) is 1. The quantitative estimate of drug-likeness (QED) is 0.684. The maximum Gasteiger partial charge on any atom is 0.201 e. The molecule has 1 fully saturated rings. The predicted octanol–water partition coefficient (Wildman–Crippen LogP) is 5.32. The van der Waals surface area contributed by atoms with Crippen LogP contribution in [0.2, 0.25) is 0 Å². The summed E-state index contributed by atoms with van der Waals surface area (Å²) in [4.78, 5) is 0. The summed E-state index contributed by atoms with van der Waals surface area (Å²) in [6.07, 6.45) is 7.06. The molecular formula is C19H24F2O. The Kier molecular flexibility index (Phi) is 6.24. The van der Waals surface area contributed by atoms with Crippen LogP contribution in [0.3, 0.4) is 0 Å². The second-order valence-corrected chi connectivity index (χ2v) is 5.95. The zero-order valence-corrected chi connectivity index (χ0v) is 13.4. The molecule has 0 amide bonds. The first-order chi connectivity index (χ1) is 10.7. The standard InChI is InChI=1S/C19H24F2O/c1-3-5-14-6-8-15(9-7-14)10-11-16-12-13-17(22-4-2)19(21)18(16)20/h12-15H,3-9H2,1-2H3/t14-,15-. The molecule has 1 saturated carbocycles. The Morgan fingerprint density at radius 1 is 1.09 bits per heavy atom. The molecule has 0 atom stereocenters. The predicted molar refractivity (Wildman–Crippen MR) is 84.8 cm³/mol. The number of hydrogen-bond donors (Lipinski definition) is 0. The Morgan fingerprint density at radius 3 is 2.45 bits per heavy atom. The fraction of sp³-hybridized carbons (Fsp3) is 0.579. The first-order valence-corrected chi connectivity index (χ1v) is 8.28. The minimum Gasteiger partial charge on any atom is -0.491 e. The van der Waals surface area contributed by atoms with Crippen LogP contribution >= 0.6 is 0 Å². The highest BCUT2D eigenvalue weighted by Crippen LogP contribution is 2.31. The molecule has 120 valence electrons. The van der Waals surface area contributed by atoms with Gasteiger partial charge in [-0.25, -0.2) is 4.39 Å². The van der Waals surface area contributed by atoms with Crippen LogP contribution in [0, 0.1) is 35.3 Å². The van der Waals surface area contributed by atoms with Crippen LogP contribution in [-0.2, 0) is 0 Å². The van der Waals surface area contributed by atoms with Gasteiger partial charge in [-0.2, -0.15) is 4.39 Å². The van der Waals surface area contributed by atoms with Gasteiger partial charge in [0.15, 0.2) is 11.6 Å². The molecule has 3 heteroatoms. The van der Waals surface area contributed by atoms with Gasteiger partial charge in [-0.1, -0.05) is 31.6 Å². The molecule has 0 heterocycles. The minimum atomic E-state index is -0.944. The second kappa shape index (κ2) is 8.17. The van der Waals surface area contributed by atoms with Crippen molar-refractivity contribution in [2.24, 2.45) is 11.8 Å². The average Bonchev–Trinajstić information content (AvgIpc) is 2.53. The Hall–Kier alpha value is -1.56. The zero-order chi connectivity index (χ0) is 15.9. The van der Waals surface area contributed by atoms with E-state index in [2.05, 4.69) is 18.8 Å². The highest BCUT2D eigenvalue weighted by atomic mass is 19.2. The highest BCUT2D eigenvalue weighted by molar-refractivity contribution is 5.41. The summed E-state index contributed by atoms with van der Waals surface area (Å²) in [5.41, 5.74) is 0.122. The van der Waals surface area contributed by atoms with E-state index in [1.54, 1.807) is 6.92 Å². The van der Waals surface area contributed by atoms with Crippen LogP contribution in [0.4, 0.5) is 8.78 Å². The van der Waals surface area contributed by atoms with Crippen molar-refractivity contribution in [1.29, 1.82) is 0 Å². The molecule has 1 nitrogen and oxygen atoms in total. The van der Waals surface area contributed by atoms with Crippen molar-refractivity contribution in [2.75, 3.05) is 6.61 Å². The van der Waals surface area contributed by atoms with Crippen molar-refractivity contribution in [3.8, 4) is 17.6 Å². The lowest BCUT2D eigenvalue weighted by molar-refractivity contribution is 0.299. The largest absolute Gasteiger partial charge is 0.491 e. The van der Waals surface area contributed by atoms with E-state index in [0.717, 1.165) is 18.8 Å². The number of ether oxygens (including phenoxy) is 1. The van der Waals surface area contributed by atoms with Crippen LogP contribution in [0.25, 0.3) is 0 Å². The Bertz CT molecular complexity index is 549.